The molecule has 0 saturated carbocycles. The number of thiophene rings is 1. The van der Waals surface area contributed by atoms with Crippen LogP contribution in [0.3, 0.4) is 0 Å². The van der Waals surface area contributed by atoms with Crippen molar-refractivity contribution in [1.82, 2.24) is 16.2 Å². The van der Waals surface area contributed by atoms with E-state index in [4.69, 9.17) is 0 Å². The van der Waals surface area contributed by atoms with E-state index in [1.807, 2.05) is 32.2 Å². The first-order chi connectivity index (χ1) is 13.9. The minimum atomic E-state index is -0.765. The molecule has 9 heteroatoms. The first kappa shape index (κ1) is 23.4. The summed E-state index contributed by atoms with van der Waals surface area (Å²) in [5.41, 5.74) is 6.40. The fraction of sp³-hybridized carbons (Fsp3) is 0.350. The second-order valence-corrected chi connectivity index (χ2v) is 9.28. The van der Waals surface area contributed by atoms with E-state index < -0.39 is 11.9 Å². The van der Waals surface area contributed by atoms with Gasteiger partial charge >= 0.3 is 0 Å². The second kappa shape index (κ2) is 11.4. The molecule has 1 aromatic carbocycles. The Kier molecular flexibility index (Phi) is 9.19. The highest BCUT2D eigenvalue weighted by atomic mass is 79.9. The number of rotatable bonds is 8. The molecule has 2 aromatic rings. The molecular formula is C20H24BrN3O3S2. The monoisotopic (exact) mass is 497 g/mol. The van der Waals surface area contributed by atoms with E-state index in [-0.39, 0.29) is 11.8 Å². The van der Waals surface area contributed by atoms with Gasteiger partial charge in [-0.3, -0.25) is 25.2 Å². The fourth-order valence-corrected chi connectivity index (χ4v) is 4.58. The van der Waals surface area contributed by atoms with Gasteiger partial charge < -0.3 is 5.32 Å². The Labute approximate surface area is 187 Å². The van der Waals surface area contributed by atoms with Crippen LogP contribution in [0.5, 0.6) is 0 Å². The van der Waals surface area contributed by atoms with Crippen molar-refractivity contribution < 1.29 is 14.4 Å². The standard InChI is InChI=1S/C20H24BrN3O3S2/c1-4-16-12(2)11-17(29-16)20(27)24-23-19(26)15(9-10-28-3)22-18(25)13-7-5-6-8-14(13)21/h5-8,11,15H,4,9-10H2,1-3H3,(H,22,25)(H,23,26)(H,24,27). The van der Waals surface area contributed by atoms with E-state index in [0.717, 1.165) is 16.9 Å². The number of hydrazine groups is 1. The van der Waals surface area contributed by atoms with E-state index in [1.165, 1.54) is 11.3 Å². The van der Waals surface area contributed by atoms with E-state index >= 15 is 0 Å². The highest BCUT2D eigenvalue weighted by Crippen LogP contribution is 2.22. The molecule has 1 atom stereocenters. The Morgan fingerprint density at radius 2 is 1.90 bits per heavy atom. The van der Waals surface area contributed by atoms with Crippen LogP contribution in [0.25, 0.3) is 0 Å². The van der Waals surface area contributed by atoms with Crippen LogP contribution < -0.4 is 16.2 Å². The smallest absolute Gasteiger partial charge is 0.279 e. The molecule has 0 aliphatic heterocycles. The summed E-state index contributed by atoms with van der Waals surface area (Å²) in [6, 6.07) is 8.05. The first-order valence-electron chi connectivity index (χ1n) is 9.11. The predicted octanol–water partition coefficient (Wildman–Crippen LogP) is 3.69. The lowest BCUT2D eigenvalue weighted by molar-refractivity contribution is -0.123. The Morgan fingerprint density at radius 1 is 1.17 bits per heavy atom. The quantitative estimate of drug-likeness (QED) is 0.485. The van der Waals surface area contributed by atoms with Crippen molar-refractivity contribution in [2.24, 2.45) is 0 Å². The zero-order chi connectivity index (χ0) is 21.4. The largest absolute Gasteiger partial charge is 0.340 e. The molecule has 1 aromatic heterocycles. The van der Waals surface area contributed by atoms with Crippen molar-refractivity contribution in [3.63, 3.8) is 0 Å². The lowest BCUT2D eigenvalue weighted by Gasteiger charge is -2.18. The van der Waals surface area contributed by atoms with Crippen molar-refractivity contribution in [3.05, 3.63) is 55.7 Å². The third-order valence-corrected chi connectivity index (χ3v) is 6.93. The number of aryl methyl sites for hydroxylation is 2. The first-order valence-corrected chi connectivity index (χ1v) is 12.1. The molecular weight excluding hydrogens is 474 g/mol. The molecule has 0 radical (unpaired) electrons. The van der Waals surface area contributed by atoms with Crippen LogP contribution in [-0.4, -0.2) is 35.8 Å². The minimum absolute atomic E-state index is 0.355. The lowest BCUT2D eigenvalue weighted by Crippen LogP contribution is -2.52. The van der Waals surface area contributed by atoms with Gasteiger partial charge in [0.25, 0.3) is 17.7 Å². The van der Waals surface area contributed by atoms with Crippen LogP contribution in [0.15, 0.2) is 34.8 Å². The molecule has 3 N–H and O–H groups in total. The van der Waals surface area contributed by atoms with Gasteiger partial charge in [0.05, 0.1) is 10.4 Å². The summed E-state index contributed by atoms with van der Waals surface area (Å²) in [4.78, 5) is 39.2. The van der Waals surface area contributed by atoms with Crippen LogP contribution >= 0.6 is 39.0 Å². The molecule has 156 valence electrons. The maximum absolute atomic E-state index is 12.6. The van der Waals surface area contributed by atoms with Gasteiger partial charge in [-0.1, -0.05) is 19.1 Å². The zero-order valence-corrected chi connectivity index (χ0v) is 19.7. The number of thioether (sulfide) groups is 1. The third-order valence-electron chi connectivity index (χ3n) is 4.22. The van der Waals surface area contributed by atoms with Crippen LogP contribution in [0, 0.1) is 6.92 Å². The van der Waals surface area contributed by atoms with Crippen LogP contribution in [0.1, 0.15) is 43.8 Å². The van der Waals surface area contributed by atoms with Crippen LogP contribution in [0.4, 0.5) is 0 Å². The molecule has 0 saturated heterocycles. The highest BCUT2D eigenvalue weighted by molar-refractivity contribution is 9.10. The van der Waals surface area contributed by atoms with Gasteiger partial charge in [0.2, 0.25) is 0 Å². The SMILES string of the molecule is CCc1sc(C(=O)NNC(=O)C(CCSC)NC(=O)c2ccccc2Br)cc1C. The van der Waals surface area contributed by atoms with E-state index in [9.17, 15) is 14.4 Å². The van der Waals surface area contributed by atoms with Crippen molar-refractivity contribution in [1.29, 1.82) is 0 Å². The molecule has 1 heterocycles. The number of halogens is 1. The number of amides is 3. The van der Waals surface area contributed by atoms with Crippen molar-refractivity contribution in [3.8, 4) is 0 Å². The number of carbonyl (C=O) groups excluding carboxylic acids is 3. The summed E-state index contributed by atoms with van der Waals surface area (Å²) in [6.07, 6.45) is 3.22. The van der Waals surface area contributed by atoms with E-state index in [1.54, 1.807) is 30.0 Å². The Morgan fingerprint density at radius 3 is 2.52 bits per heavy atom. The molecule has 3 amide bonds. The molecule has 0 fully saturated rings. The average Bonchev–Trinajstić information content (AvgIpc) is 3.10. The zero-order valence-electron chi connectivity index (χ0n) is 16.5. The Balaban J connectivity index is 2.01. The number of carbonyl (C=O) groups is 3. The summed E-state index contributed by atoms with van der Waals surface area (Å²) < 4.78 is 0.648. The Hall–Kier alpha value is -1.84. The molecule has 29 heavy (non-hydrogen) atoms. The molecule has 6 nitrogen and oxygen atoms in total. The maximum Gasteiger partial charge on any atom is 0.279 e. The second-order valence-electron chi connectivity index (χ2n) is 6.30. The predicted molar refractivity (Wildman–Crippen MR) is 122 cm³/mol. The van der Waals surface area contributed by atoms with Gasteiger partial charge in [0, 0.05) is 9.35 Å². The molecule has 1 unspecified atom stereocenters. The number of hydrogen-bond acceptors (Lipinski definition) is 5. The summed E-state index contributed by atoms with van der Waals surface area (Å²) in [7, 11) is 0. The van der Waals surface area contributed by atoms with E-state index in [0.29, 0.717) is 27.1 Å². The maximum atomic E-state index is 12.6. The summed E-state index contributed by atoms with van der Waals surface area (Å²) in [5, 5.41) is 2.75. The van der Waals surface area contributed by atoms with Gasteiger partial charge in [-0.2, -0.15) is 11.8 Å². The van der Waals surface area contributed by atoms with E-state index in [2.05, 4.69) is 32.1 Å². The fourth-order valence-electron chi connectivity index (χ4n) is 2.64. The highest BCUT2D eigenvalue weighted by Gasteiger charge is 2.23. The number of nitrogens with one attached hydrogen (secondary N) is 3. The molecule has 0 aliphatic rings. The molecule has 0 aliphatic carbocycles. The van der Waals surface area contributed by atoms with Crippen molar-refractivity contribution >= 4 is 56.8 Å². The average molecular weight is 498 g/mol. The van der Waals surface area contributed by atoms with Gasteiger partial charge in [-0.25, -0.2) is 0 Å². The summed E-state index contributed by atoms with van der Waals surface area (Å²) in [5.74, 6) is -0.498. The molecule has 2 rings (SSSR count). The number of benzene rings is 1. The summed E-state index contributed by atoms with van der Waals surface area (Å²) >= 11 is 6.33. The van der Waals surface area contributed by atoms with Crippen LogP contribution in [0.2, 0.25) is 0 Å². The van der Waals surface area contributed by atoms with Crippen LogP contribution in [-0.2, 0) is 11.2 Å². The number of hydrogen-bond donors (Lipinski definition) is 3. The summed E-state index contributed by atoms with van der Waals surface area (Å²) in [6.45, 7) is 3.99. The molecule has 0 spiro atoms. The third kappa shape index (κ3) is 6.58. The topological polar surface area (TPSA) is 87.3 Å². The normalized spacial score (nSPS) is 11.6. The van der Waals surface area contributed by atoms with Gasteiger partial charge in [0.15, 0.2) is 0 Å². The molecule has 0 bridgehead atoms. The van der Waals surface area contributed by atoms with Gasteiger partial charge in [0.1, 0.15) is 6.04 Å². The van der Waals surface area contributed by atoms with Gasteiger partial charge in [-0.15, -0.1) is 11.3 Å². The van der Waals surface area contributed by atoms with Crippen molar-refractivity contribution in [2.45, 2.75) is 32.7 Å². The van der Waals surface area contributed by atoms with Crippen molar-refractivity contribution in [2.75, 3.05) is 12.0 Å². The van der Waals surface area contributed by atoms with Gasteiger partial charge in [-0.05, 0) is 71.5 Å². The minimum Gasteiger partial charge on any atom is -0.340 e. The Bertz CT molecular complexity index is 886. The lowest BCUT2D eigenvalue weighted by atomic mass is 10.1.